The minimum atomic E-state index is -1.04. The summed E-state index contributed by atoms with van der Waals surface area (Å²) in [7, 11) is 7.43. The van der Waals surface area contributed by atoms with Crippen LogP contribution >= 0.6 is 0 Å². The number of benzene rings is 2. The Balaban J connectivity index is 2.15. The summed E-state index contributed by atoms with van der Waals surface area (Å²) in [5, 5.41) is 12.0. The van der Waals surface area contributed by atoms with Gasteiger partial charge in [-0.3, -0.25) is 0 Å². The van der Waals surface area contributed by atoms with Crippen LogP contribution in [0.5, 0.6) is 11.5 Å². The maximum atomic E-state index is 12.0. The molecule has 1 N–H and O–H groups in total. The number of fused-ring (bicyclic) bond motifs is 1. The molecule has 2 aromatic carbocycles. The summed E-state index contributed by atoms with van der Waals surface area (Å²) in [6, 6.07) is 13.8. The normalized spacial score (nSPS) is 22.6. The van der Waals surface area contributed by atoms with Gasteiger partial charge in [0.1, 0.15) is 17.1 Å². The Morgan fingerprint density at radius 2 is 1.80 bits per heavy atom. The minimum Gasteiger partial charge on any atom is -0.497 e. The van der Waals surface area contributed by atoms with E-state index >= 15 is 0 Å². The van der Waals surface area contributed by atoms with Crippen LogP contribution in [0.1, 0.15) is 23.1 Å². The molecule has 0 radical (unpaired) electrons. The second-order valence-electron chi connectivity index (χ2n) is 7.02. The van der Waals surface area contributed by atoms with Crippen molar-refractivity contribution in [3.8, 4) is 11.5 Å². The molecular formula is C21H27NO3. The van der Waals surface area contributed by atoms with E-state index in [4.69, 9.17) is 9.47 Å². The maximum Gasteiger partial charge on any atom is 0.119 e. The topological polar surface area (TPSA) is 41.9 Å². The molecule has 0 saturated carbocycles. The zero-order valence-corrected chi connectivity index (χ0v) is 15.5. The summed E-state index contributed by atoms with van der Waals surface area (Å²) in [6.45, 7) is 0.819. The third-order valence-corrected chi connectivity index (χ3v) is 5.17. The monoisotopic (exact) mass is 341 g/mol. The van der Waals surface area contributed by atoms with Crippen LogP contribution < -0.4 is 9.47 Å². The van der Waals surface area contributed by atoms with E-state index in [1.54, 1.807) is 14.2 Å². The van der Waals surface area contributed by atoms with Crippen molar-refractivity contribution in [2.45, 2.75) is 18.4 Å². The molecule has 2 aromatic rings. The zero-order chi connectivity index (χ0) is 18.0. The second-order valence-corrected chi connectivity index (χ2v) is 7.02. The molecular weight excluding hydrogens is 314 g/mol. The SMILES string of the molecule is COc1cccc(C2(O)c3ccc(OC)cc3CCC2CN(C)C)c1. The van der Waals surface area contributed by atoms with Crippen molar-refractivity contribution in [1.82, 2.24) is 4.90 Å². The van der Waals surface area contributed by atoms with E-state index in [2.05, 4.69) is 19.0 Å². The Bertz CT molecular complexity index is 744. The van der Waals surface area contributed by atoms with Crippen molar-refractivity contribution in [2.75, 3.05) is 34.9 Å². The molecule has 0 bridgehead atoms. The molecule has 0 aliphatic heterocycles. The lowest BCUT2D eigenvalue weighted by molar-refractivity contribution is -0.00656. The largest absolute Gasteiger partial charge is 0.497 e. The molecule has 134 valence electrons. The fourth-order valence-electron chi connectivity index (χ4n) is 3.95. The smallest absolute Gasteiger partial charge is 0.119 e. The van der Waals surface area contributed by atoms with E-state index < -0.39 is 5.60 Å². The Labute approximate surface area is 150 Å². The van der Waals surface area contributed by atoms with Crippen molar-refractivity contribution in [3.63, 3.8) is 0 Å². The molecule has 3 rings (SSSR count). The number of methoxy groups -OCH3 is 2. The van der Waals surface area contributed by atoms with Crippen molar-refractivity contribution in [1.29, 1.82) is 0 Å². The maximum absolute atomic E-state index is 12.0. The highest BCUT2D eigenvalue weighted by Gasteiger charge is 2.44. The third-order valence-electron chi connectivity index (χ3n) is 5.17. The molecule has 0 heterocycles. The first-order valence-corrected chi connectivity index (χ1v) is 8.68. The summed E-state index contributed by atoms with van der Waals surface area (Å²) in [4.78, 5) is 2.14. The zero-order valence-electron chi connectivity index (χ0n) is 15.5. The number of hydrogen-bond donors (Lipinski definition) is 1. The van der Waals surface area contributed by atoms with Gasteiger partial charge in [0.15, 0.2) is 0 Å². The Morgan fingerprint density at radius 3 is 2.48 bits per heavy atom. The Kier molecular flexibility index (Phi) is 5.02. The van der Waals surface area contributed by atoms with Crippen LogP contribution in [0.4, 0.5) is 0 Å². The number of aliphatic hydroxyl groups is 1. The second kappa shape index (κ2) is 7.06. The summed E-state index contributed by atoms with van der Waals surface area (Å²) in [5.41, 5.74) is 1.96. The van der Waals surface area contributed by atoms with E-state index in [9.17, 15) is 5.11 Å². The molecule has 0 amide bonds. The fourth-order valence-corrected chi connectivity index (χ4v) is 3.95. The van der Waals surface area contributed by atoms with Gasteiger partial charge in [0.25, 0.3) is 0 Å². The van der Waals surface area contributed by atoms with Crippen LogP contribution in [0.2, 0.25) is 0 Å². The number of nitrogens with zero attached hydrogens (tertiary/aromatic N) is 1. The third kappa shape index (κ3) is 3.24. The molecule has 1 aliphatic carbocycles. The van der Waals surface area contributed by atoms with Gasteiger partial charge in [-0.05, 0) is 67.9 Å². The Morgan fingerprint density at radius 1 is 1.08 bits per heavy atom. The fraction of sp³-hybridized carbons (Fsp3) is 0.429. The molecule has 0 aromatic heterocycles. The van der Waals surface area contributed by atoms with Crippen molar-refractivity contribution in [3.05, 3.63) is 59.2 Å². The highest BCUT2D eigenvalue weighted by Crippen LogP contribution is 2.46. The minimum absolute atomic E-state index is 0.107. The van der Waals surface area contributed by atoms with Gasteiger partial charge in [0.2, 0.25) is 0 Å². The highest BCUT2D eigenvalue weighted by atomic mass is 16.5. The average molecular weight is 341 g/mol. The first-order chi connectivity index (χ1) is 12.0. The lowest BCUT2D eigenvalue weighted by atomic mass is 9.68. The Hall–Kier alpha value is -2.04. The lowest BCUT2D eigenvalue weighted by Gasteiger charge is -2.43. The molecule has 0 fully saturated rings. The molecule has 4 nitrogen and oxygen atoms in total. The van der Waals surface area contributed by atoms with Crippen LogP contribution in [-0.2, 0) is 12.0 Å². The number of aryl methyl sites for hydroxylation is 1. The van der Waals surface area contributed by atoms with Crippen molar-refractivity contribution in [2.24, 2.45) is 5.92 Å². The summed E-state index contributed by atoms with van der Waals surface area (Å²) < 4.78 is 10.8. The van der Waals surface area contributed by atoms with Gasteiger partial charge in [0, 0.05) is 12.5 Å². The van der Waals surface area contributed by atoms with Gasteiger partial charge in [-0.25, -0.2) is 0 Å². The predicted molar refractivity (Wildman–Crippen MR) is 99.4 cm³/mol. The van der Waals surface area contributed by atoms with Crippen molar-refractivity contribution >= 4 is 0 Å². The molecule has 4 heteroatoms. The molecule has 0 spiro atoms. The highest BCUT2D eigenvalue weighted by molar-refractivity contribution is 5.48. The number of ether oxygens (including phenoxy) is 2. The van der Waals surface area contributed by atoms with Gasteiger partial charge in [-0.15, -0.1) is 0 Å². The first kappa shape index (κ1) is 17.8. The standard InChI is InChI=1S/C21H27NO3/c1-22(2)14-17-9-8-15-12-19(25-4)10-11-20(15)21(17,23)16-6-5-7-18(13-16)24-3/h5-7,10-13,17,23H,8-9,14H2,1-4H3. The average Bonchev–Trinajstić information content (AvgIpc) is 2.63. The van der Waals surface area contributed by atoms with Crippen molar-refractivity contribution < 1.29 is 14.6 Å². The molecule has 1 aliphatic rings. The molecule has 0 saturated heterocycles. The van der Waals surface area contributed by atoms with Gasteiger partial charge >= 0.3 is 0 Å². The van der Waals surface area contributed by atoms with Crippen LogP contribution in [0.25, 0.3) is 0 Å². The van der Waals surface area contributed by atoms with E-state index in [0.29, 0.717) is 0 Å². The number of rotatable bonds is 5. The van der Waals surface area contributed by atoms with E-state index in [-0.39, 0.29) is 5.92 Å². The molecule has 2 atom stereocenters. The first-order valence-electron chi connectivity index (χ1n) is 8.68. The number of hydrogen-bond acceptors (Lipinski definition) is 4. The van der Waals surface area contributed by atoms with Gasteiger partial charge < -0.3 is 19.5 Å². The van der Waals surface area contributed by atoms with Crippen LogP contribution in [0.3, 0.4) is 0 Å². The lowest BCUT2D eigenvalue weighted by Crippen LogP contribution is -2.45. The van der Waals surface area contributed by atoms with Crippen LogP contribution in [-0.4, -0.2) is 44.9 Å². The summed E-state index contributed by atoms with van der Waals surface area (Å²) in [5.74, 6) is 1.70. The van der Waals surface area contributed by atoms with E-state index in [0.717, 1.165) is 47.6 Å². The summed E-state index contributed by atoms with van der Waals surface area (Å²) in [6.07, 6.45) is 1.86. The molecule has 25 heavy (non-hydrogen) atoms. The van der Waals surface area contributed by atoms with Crippen LogP contribution in [0, 0.1) is 5.92 Å². The van der Waals surface area contributed by atoms with E-state index in [1.165, 1.54) is 0 Å². The quantitative estimate of drug-likeness (QED) is 0.908. The van der Waals surface area contributed by atoms with Crippen LogP contribution in [0.15, 0.2) is 42.5 Å². The van der Waals surface area contributed by atoms with Gasteiger partial charge in [-0.1, -0.05) is 18.2 Å². The van der Waals surface area contributed by atoms with Gasteiger partial charge in [0.05, 0.1) is 14.2 Å². The molecule has 2 unspecified atom stereocenters. The summed E-state index contributed by atoms with van der Waals surface area (Å²) >= 11 is 0. The predicted octanol–water partition coefficient (Wildman–Crippen LogP) is 3.06. The van der Waals surface area contributed by atoms with Gasteiger partial charge in [-0.2, -0.15) is 0 Å². The van der Waals surface area contributed by atoms with E-state index in [1.807, 2.05) is 42.5 Å².